The Hall–Kier alpha value is -1.56. The Bertz CT molecular complexity index is 482. The molecule has 3 nitrogen and oxygen atoms in total. The quantitative estimate of drug-likeness (QED) is 0.684. The third kappa shape index (κ3) is 5.04. The molecular weight excluding hydrogens is 283 g/mol. The highest BCUT2D eigenvalue weighted by molar-refractivity contribution is 5.72. The number of nitrogens with one attached hydrogen (secondary N) is 1. The fourth-order valence-electron chi connectivity index (χ4n) is 2.41. The molecule has 0 atom stereocenters. The second kappa shape index (κ2) is 6.93. The van der Waals surface area contributed by atoms with E-state index in [1.807, 2.05) is 0 Å². The molecule has 0 bridgehead atoms. The molecule has 1 aliphatic rings. The summed E-state index contributed by atoms with van der Waals surface area (Å²) in [4.78, 5) is 11.7. The number of carbonyl (C=O) groups is 1. The van der Waals surface area contributed by atoms with Crippen LogP contribution in [0.15, 0.2) is 24.3 Å². The molecule has 0 spiro atoms. The summed E-state index contributed by atoms with van der Waals surface area (Å²) in [5.74, 6) is -0.0479. The Morgan fingerprint density at radius 1 is 1.29 bits per heavy atom. The highest BCUT2D eigenvalue weighted by Gasteiger charge is 2.30. The fourth-order valence-corrected chi connectivity index (χ4v) is 2.41. The van der Waals surface area contributed by atoms with Crippen molar-refractivity contribution in [1.29, 1.82) is 0 Å². The maximum atomic E-state index is 12.5. The van der Waals surface area contributed by atoms with Gasteiger partial charge in [-0.2, -0.15) is 13.2 Å². The normalized spacial score (nSPS) is 16.7. The molecule has 6 heteroatoms. The predicted molar refractivity (Wildman–Crippen MR) is 71.9 cm³/mol. The van der Waals surface area contributed by atoms with Crippen molar-refractivity contribution in [2.24, 2.45) is 5.92 Å². The van der Waals surface area contributed by atoms with Gasteiger partial charge in [0.05, 0.1) is 5.56 Å². The van der Waals surface area contributed by atoms with E-state index < -0.39 is 17.7 Å². The van der Waals surface area contributed by atoms with Crippen LogP contribution in [0.25, 0.3) is 0 Å². The zero-order valence-corrected chi connectivity index (χ0v) is 11.6. The molecule has 0 aromatic heterocycles. The molecule has 1 aromatic carbocycles. The zero-order valence-electron chi connectivity index (χ0n) is 11.6. The summed E-state index contributed by atoms with van der Waals surface area (Å²) in [7, 11) is 0. The number of hydrogen-bond acceptors (Lipinski definition) is 3. The molecule has 116 valence electrons. The van der Waals surface area contributed by atoms with Gasteiger partial charge in [0.2, 0.25) is 0 Å². The number of hydrogen-bond donors (Lipinski definition) is 1. The van der Waals surface area contributed by atoms with Crippen LogP contribution in [-0.2, 0) is 11.0 Å². The molecule has 0 unspecified atom stereocenters. The Labute approximate surface area is 121 Å². The third-order valence-corrected chi connectivity index (χ3v) is 3.61. The van der Waals surface area contributed by atoms with Gasteiger partial charge in [-0.25, -0.2) is 0 Å². The Morgan fingerprint density at radius 2 is 2.00 bits per heavy atom. The molecule has 2 rings (SSSR count). The van der Waals surface area contributed by atoms with Gasteiger partial charge in [0.25, 0.3) is 0 Å². The van der Waals surface area contributed by atoms with Crippen molar-refractivity contribution in [2.75, 3.05) is 13.1 Å². The van der Waals surface area contributed by atoms with Crippen LogP contribution in [-0.4, -0.2) is 19.1 Å². The minimum absolute atomic E-state index is 0.0554. The smallest absolute Gasteiger partial charge is 0.416 e. The van der Waals surface area contributed by atoms with Gasteiger partial charge >= 0.3 is 12.1 Å². The summed E-state index contributed by atoms with van der Waals surface area (Å²) >= 11 is 0. The number of alkyl halides is 3. The van der Waals surface area contributed by atoms with Crippen LogP contribution >= 0.6 is 0 Å². The number of carbonyl (C=O) groups excluding carboxylic acids is 1. The van der Waals surface area contributed by atoms with Gasteiger partial charge in [0.1, 0.15) is 5.75 Å². The van der Waals surface area contributed by atoms with Crippen LogP contribution in [0, 0.1) is 5.92 Å². The Morgan fingerprint density at radius 3 is 2.67 bits per heavy atom. The molecule has 0 radical (unpaired) electrons. The zero-order chi connectivity index (χ0) is 15.3. The molecule has 21 heavy (non-hydrogen) atoms. The van der Waals surface area contributed by atoms with Crippen molar-refractivity contribution < 1.29 is 22.7 Å². The highest BCUT2D eigenvalue weighted by Crippen LogP contribution is 2.31. The van der Waals surface area contributed by atoms with E-state index in [1.165, 1.54) is 12.1 Å². The number of halogens is 3. The Kier molecular flexibility index (Phi) is 5.22. The lowest BCUT2D eigenvalue weighted by Gasteiger charge is -2.21. The van der Waals surface area contributed by atoms with Crippen molar-refractivity contribution in [1.82, 2.24) is 5.32 Å². The van der Waals surface area contributed by atoms with Gasteiger partial charge in [-0.05, 0) is 56.5 Å². The van der Waals surface area contributed by atoms with E-state index in [1.54, 1.807) is 0 Å². The van der Waals surface area contributed by atoms with Crippen molar-refractivity contribution in [3.63, 3.8) is 0 Å². The lowest BCUT2D eigenvalue weighted by atomic mass is 9.93. The minimum atomic E-state index is -4.43. The largest absolute Gasteiger partial charge is 0.427 e. The van der Waals surface area contributed by atoms with Crippen molar-refractivity contribution in [2.45, 2.75) is 31.9 Å². The van der Waals surface area contributed by atoms with Crippen LogP contribution in [0.4, 0.5) is 13.2 Å². The number of esters is 1. The SMILES string of the molecule is O=C(CCC1CCNCC1)Oc1cccc(C(F)(F)F)c1. The van der Waals surface area contributed by atoms with Crippen molar-refractivity contribution in [3.8, 4) is 5.75 Å². The lowest BCUT2D eigenvalue weighted by molar-refractivity contribution is -0.139. The average Bonchev–Trinajstić information content (AvgIpc) is 2.46. The first-order valence-electron chi connectivity index (χ1n) is 7.04. The minimum Gasteiger partial charge on any atom is -0.427 e. The first-order chi connectivity index (χ1) is 9.95. The summed E-state index contributed by atoms with van der Waals surface area (Å²) in [6.07, 6.45) is -1.43. The summed E-state index contributed by atoms with van der Waals surface area (Å²) in [6.45, 7) is 1.90. The molecule has 1 aromatic rings. The first-order valence-corrected chi connectivity index (χ1v) is 7.04. The number of benzene rings is 1. The molecule has 1 saturated heterocycles. The number of ether oxygens (including phenoxy) is 1. The second-order valence-corrected chi connectivity index (χ2v) is 5.23. The highest BCUT2D eigenvalue weighted by atomic mass is 19.4. The van der Waals surface area contributed by atoms with Crippen LogP contribution in [0.2, 0.25) is 0 Å². The summed E-state index contributed by atoms with van der Waals surface area (Å²) in [6, 6.07) is 4.39. The maximum absolute atomic E-state index is 12.5. The van der Waals surface area contributed by atoms with E-state index in [9.17, 15) is 18.0 Å². The molecule has 1 aliphatic heterocycles. The van der Waals surface area contributed by atoms with Crippen LogP contribution < -0.4 is 10.1 Å². The van der Waals surface area contributed by atoms with Crippen LogP contribution in [0.3, 0.4) is 0 Å². The summed E-state index contributed by atoms with van der Waals surface area (Å²) < 4.78 is 42.6. The standard InChI is InChI=1S/C15H18F3NO2/c16-15(17,18)12-2-1-3-13(10-12)21-14(20)5-4-11-6-8-19-9-7-11/h1-3,10-11,19H,4-9H2. The second-order valence-electron chi connectivity index (χ2n) is 5.23. The van der Waals surface area contributed by atoms with Gasteiger partial charge in [-0.3, -0.25) is 4.79 Å². The molecule has 1 N–H and O–H groups in total. The van der Waals surface area contributed by atoms with Crippen LogP contribution in [0.1, 0.15) is 31.2 Å². The fraction of sp³-hybridized carbons (Fsp3) is 0.533. The van der Waals surface area contributed by atoms with E-state index in [0.717, 1.165) is 44.5 Å². The van der Waals surface area contributed by atoms with Gasteiger partial charge < -0.3 is 10.1 Å². The molecule has 1 heterocycles. The van der Waals surface area contributed by atoms with Crippen molar-refractivity contribution >= 4 is 5.97 Å². The monoisotopic (exact) mass is 301 g/mol. The summed E-state index contributed by atoms with van der Waals surface area (Å²) in [5.41, 5.74) is -0.814. The van der Waals surface area contributed by atoms with E-state index >= 15 is 0 Å². The van der Waals surface area contributed by atoms with Gasteiger partial charge in [-0.1, -0.05) is 6.07 Å². The molecule has 0 aliphatic carbocycles. The van der Waals surface area contributed by atoms with Gasteiger partial charge in [0, 0.05) is 6.42 Å². The van der Waals surface area contributed by atoms with E-state index in [-0.39, 0.29) is 12.2 Å². The third-order valence-electron chi connectivity index (χ3n) is 3.61. The summed E-state index contributed by atoms with van der Waals surface area (Å²) in [5, 5.41) is 3.24. The predicted octanol–water partition coefficient (Wildman–Crippen LogP) is 3.39. The van der Waals surface area contributed by atoms with Gasteiger partial charge in [0.15, 0.2) is 0 Å². The van der Waals surface area contributed by atoms with Crippen molar-refractivity contribution in [3.05, 3.63) is 29.8 Å². The first kappa shape index (κ1) is 15.8. The average molecular weight is 301 g/mol. The molecule has 1 fully saturated rings. The number of piperidine rings is 1. The van der Waals surface area contributed by atoms with E-state index in [4.69, 9.17) is 4.74 Å². The molecule has 0 saturated carbocycles. The maximum Gasteiger partial charge on any atom is 0.416 e. The topological polar surface area (TPSA) is 38.3 Å². The number of rotatable bonds is 4. The molecular formula is C15H18F3NO2. The van der Waals surface area contributed by atoms with E-state index in [0.29, 0.717) is 5.92 Å². The Balaban J connectivity index is 1.84. The van der Waals surface area contributed by atoms with Gasteiger partial charge in [-0.15, -0.1) is 0 Å². The van der Waals surface area contributed by atoms with E-state index in [2.05, 4.69) is 5.32 Å². The van der Waals surface area contributed by atoms with Crippen LogP contribution in [0.5, 0.6) is 5.75 Å². The lowest BCUT2D eigenvalue weighted by Crippen LogP contribution is -2.28. The molecule has 0 amide bonds.